The van der Waals surface area contributed by atoms with E-state index in [0.717, 1.165) is 0 Å². The molecule has 0 radical (unpaired) electrons. The standard InChI is InChI=1S/C11H10N4O2/c16-9-4-2-1-3-8(9)7-13-15-10-5-6-12-11(17)14-10/h1-7,16H,(H2,12,14,15,17)/b13-7+. The molecular weight excluding hydrogens is 220 g/mol. The molecule has 0 saturated carbocycles. The van der Waals surface area contributed by atoms with Gasteiger partial charge >= 0.3 is 5.69 Å². The molecule has 86 valence electrons. The Hall–Kier alpha value is -2.63. The first-order valence-corrected chi connectivity index (χ1v) is 4.88. The van der Waals surface area contributed by atoms with Crippen LogP contribution in [0.15, 0.2) is 46.4 Å². The molecule has 0 bridgehead atoms. The number of aromatic nitrogens is 2. The molecule has 0 atom stereocenters. The van der Waals surface area contributed by atoms with Crippen LogP contribution in [-0.4, -0.2) is 21.3 Å². The summed E-state index contributed by atoms with van der Waals surface area (Å²) in [5.41, 5.74) is 2.75. The van der Waals surface area contributed by atoms with Crippen LogP contribution < -0.4 is 11.1 Å². The van der Waals surface area contributed by atoms with Gasteiger partial charge in [-0.3, -0.25) is 10.4 Å². The molecule has 0 fully saturated rings. The number of nitrogens with zero attached hydrogens (tertiary/aromatic N) is 2. The summed E-state index contributed by atoms with van der Waals surface area (Å²) in [7, 11) is 0. The summed E-state index contributed by atoms with van der Waals surface area (Å²) >= 11 is 0. The smallest absolute Gasteiger partial charge is 0.346 e. The molecule has 6 heteroatoms. The molecule has 0 aliphatic rings. The van der Waals surface area contributed by atoms with Crippen LogP contribution in [0.2, 0.25) is 0 Å². The lowest BCUT2D eigenvalue weighted by molar-refractivity contribution is 0.474. The Labute approximate surface area is 96.7 Å². The first-order chi connectivity index (χ1) is 8.25. The van der Waals surface area contributed by atoms with Crippen LogP contribution in [-0.2, 0) is 0 Å². The third-order valence-corrected chi connectivity index (χ3v) is 2.00. The van der Waals surface area contributed by atoms with Gasteiger partial charge in [0.1, 0.15) is 11.6 Å². The quantitative estimate of drug-likeness (QED) is 0.540. The zero-order valence-electron chi connectivity index (χ0n) is 8.79. The zero-order valence-corrected chi connectivity index (χ0v) is 8.79. The molecule has 1 aromatic carbocycles. The highest BCUT2D eigenvalue weighted by Gasteiger charge is 1.94. The first kappa shape index (κ1) is 10.9. The van der Waals surface area contributed by atoms with E-state index in [0.29, 0.717) is 11.4 Å². The van der Waals surface area contributed by atoms with E-state index in [1.54, 1.807) is 30.3 Å². The highest BCUT2D eigenvalue weighted by molar-refractivity contribution is 5.83. The number of phenols is 1. The number of benzene rings is 1. The number of para-hydroxylation sites is 1. The number of nitrogens with one attached hydrogen (secondary N) is 2. The van der Waals surface area contributed by atoms with E-state index >= 15 is 0 Å². The third-order valence-electron chi connectivity index (χ3n) is 2.00. The predicted molar refractivity (Wildman–Crippen MR) is 64.2 cm³/mol. The summed E-state index contributed by atoms with van der Waals surface area (Å²) in [4.78, 5) is 16.8. The molecule has 1 heterocycles. The molecule has 3 N–H and O–H groups in total. The van der Waals surface area contributed by atoms with Crippen molar-refractivity contribution in [2.75, 3.05) is 5.43 Å². The van der Waals surface area contributed by atoms with Gasteiger partial charge in [0.15, 0.2) is 0 Å². The van der Waals surface area contributed by atoms with Gasteiger partial charge in [-0.15, -0.1) is 0 Å². The Morgan fingerprint density at radius 3 is 2.94 bits per heavy atom. The molecule has 6 nitrogen and oxygen atoms in total. The molecule has 0 spiro atoms. The van der Waals surface area contributed by atoms with Gasteiger partial charge in [0.05, 0.1) is 6.21 Å². The lowest BCUT2D eigenvalue weighted by atomic mass is 10.2. The van der Waals surface area contributed by atoms with E-state index in [-0.39, 0.29) is 5.75 Å². The van der Waals surface area contributed by atoms with Gasteiger partial charge in [-0.25, -0.2) is 9.78 Å². The third kappa shape index (κ3) is 2.91. The number of rotatable bonds is 3. The number of anilines is 1. The minimum Gasteiger partial charge on any atom is -0.507 e. The van der Waals surface area contributed by atoms with Crippen molar-refractivity contribution in [1.82, 2.24) is 9.97 Å². The normalized spacial score (nSPS) is 10.6. The largest absolute Gasteiger partial charge is 0.507 e. The van der Waals surface area contributed by atoms with Crippen LogP contribution in [0.3, 0.4) is 0 Å². The summed E-state index contributed by atoms with van der Waals surface area (Å²) < 4.78 is 0. The fraction of sp³-hybridized carbons (Fsp3) is 0. The maximum Gasteiger partial charge on any atom is 0.346 e. The van der Waals surface area contributed by atoms with Crippen molar-refractivity contribution in [3.05, 3.63) is 52.6 Å². The Balaban J connectivity index is 2.08. The van der Waals surface area contributed by atoms with Crippen LogP contribution in [0.4, 0.5) is 5.82 Å². The summed E-state index contributed by atoms with van der Waals surface area (Å²) in [6, 6.07) is 8.37. The van der Waals surface area contributed by atoms with E-state index in [1.165, 1.54) is 12.4 Å². The molecule has 1 aromatic heterocycles. The highest BCUT2D eigenvalue weighted by Crippen LogP contribution is 2.12. The van der Waals surface area contributed by atoms with Gasteiger partial charge in [-0.2, -0.15) is 5.10 Å². The van der Waals surface area contributed by atoms with Gasteiger partial charge in [-0.1, -0.05) is 12.1 Å². The summed E-state index contributed by atoms with van der Waals surface area (Å²) in [5.74, 6) is 0.568. The highest BCUT2D eigenvalue weighted by atomic mass is 16.3. The fourth-order valence-corrected chi connectivity index (χ4v) is 1.20. The minimum absolute atomic E-state index is 0.140. The molecule has 17 heavy (non-hydrogen) atoms. The average Bonchev–Trinajstić information content (AvgIpc) is 2.32. The molecule has 0 aliphatic carbocycles. The molecule has 0 saturated heterocycles. The molecule has 0 amide bonds. The van der Waals surface area contributed by atoms with E-state index in [4.69, 9.17) is 0 Å². The molecule has 2 rings (SSSR count). The maximum absolute atomic E-state index is 10.9. The Morgan fingerprint density at radius 2 is 2.18 bits per heavy atom. The predicted octanol–water partition coefficient (Wildman–Crippen LogP) is 0.921. The Morgan fingerprint density at radius 1 is 1.35 bits per heavy atom. The van der Waals surface area contributed by atoms with E-state index in [2.05, 4.69) is 20.5 Å². The number of hydrogen-bond donors (Lipinski definition) is 3. The first-order valence-electron chi connectivity index (χ1n) is 4.88. The average molecular weight is 230 g/mol. The van der Waals surface area contributed by atoms with Crippen molar-refractivity contribution >= 4 is 12.0 Å². The van der Waals surface area contributed by atoms with Crippen LogP contribution in [0, 0.1) is 0 Å². The summed E-state index contributed by atoms with van der Waals surface area (Å²) in [6.07, 6.45) is 2.82. The molecular formula is C11H10N4O2. The van der Waals surface area contributed by atoms with E-state index < -0.39 is 5.69 Å². The number of aromatic hydroxyl groups is 1. The van der Waals surface area contributed by atoms with Crippen molar-refractivity contribution in [2.24, 2.45) is 5.10 Å². The molecule has 2 aromatic rings. The van der Waals surface area contributed by atoms with Crippen LogP contribution in [0.25, 0.3) is 0 Å². The molecule has 0 unspecified atom stereocenters. The number of phenolic OH excluding ortho intramolecular Hbond substituents is 1. The van der Waals surface area contributed by atoms with Crippen LogP contribution in [0.1, 0.15) is 5.56 Å². The Kier molecular flexibility index (Phi) is 3.15. The van der Waals surface area contributed by atoms with E-state index in [9.17, 15) is 9.90 Å². The number of hydrogen-bond acceptors (Lipinski definition) is 5. The zero-order chi connectivity index (χ0) is 12.1. The SMILES string of the molecule is O=c1nccc(N/N=C/c2ccccc2O)[nH]1. The topological polar surface area (TPSA) is 90.4 Å². The van der Waals surface area contributed by atoms with Gasteiger partial charge in [0.25, 0.3) is 0 Å². The second kappa shape index (κ2) is 4.93. The maximum atomic E-state index is 10.9. The summed E-state index contributed by atoms with van der Waals surface area (Å²) in [5, 5.41) is 13.3. The second-order valence-electron chi connectivity index (χ2n) is 3.22. The van der Waals surface area contributed by atoms with Crippen molar-refractivity contribution in [3.63, 3.8) is 0 Å². The van der Waals surface area contributed by atoms with E-state index in [1.807, 2.05) is 0 Å². The van der Waals surface area contributed by atoms with Gasteiger partial charge in [0, 0.05) is 11.8 Å². The fourth-order valence-electron chi connectivity index (χ4n) is 1.20. The lowest BCUT2D eigenvalue weighted by Gasteiger charge is -1.99. The van der Waals surface area contributed by atoms with Gasteiger partial charge in [0.2, 0.25) is 0 Å². The lowest BCUT2D eigenvalue weighted by Crippen LogP contribution is -2.10. The van der Waals surface area contributed by atoms with Crippen molar-refractivity contribution in [1.29, 1.82) is 0 Å². The van der Waals surface area contributed by atoms with Crippen LogP contribution in [0.5, 0.6) is 5.75 Å². The number of hydrazone groups is 1. The summed E-state index contributed by atoms with van der Waals surface area (Å²) in [6.45, 7) is 0. The number of H-pyrrole nitrogens is 1. The minimum atomic E-state index is -0.451. The van der Waals surface area contributed by atoms with Crippen LogP contribution >= 0.6 is 0 Å². The van der Waals surface area contributed by atoms with Gasteiger partial charge in [-0.05, 0) is 18.2 Å². The number of aromatic amines is 1. The van der Waals surface area contributed by atoms with Crippen molar-refractivity contribution < 1.29 is 5.11 Å². The van der Waals surface area contributed by atoms with Gasteiger partial charge < -0.3 is 5.11 Å². The second-order valence-corrected chi connectivity index (χ2v) is 3.22. The molecule has 0 aliphatic heterocycles. The van der Waals surface area contributed by atoms with Crippen molar-refractivity contribution in [3.8, 4) is 5.75 Å². The monoisotopic (exact) mass is 230 g/mol. The Bertz CT molecular complexity index is 592. The van der Waals surface area contributed by atoms with Crippen molar-refractivity contribution in [2.45, 2.75) is 0 Å².